The van der Waals surface area contributed by atoms with Gasteiger partial charge in [-0.1, -0.05) is 12.1 Å². The number of hydrogen-bond acceptors (Lipinski definition) is 6. The number of carbonyl (C=O) groups excluding carboxylic acids is 3. The highest BCUT2D eigenvalue weighted by Gasteiger charge is 2.22. The molecule has 28 heavy (non-hydrogen) atoms. The van der Waals surface area contributed by atoms with E-state index in [-0.39, 0.29) is 10.7 Å². The summed E-state index contributed by atoms with van der Waals surface area (Å²) >= 11 is 0. The van der Waals surface area contributed by atoms with Crippen LogP contribution in [0.2, 0.25) is 0 Å². The Balaban J connectivity index is 2.04. The number of methoxy groups -OCH3 is 1. The van der Waals surface area contributed by atoms with E-state index in [9.17, 15) is 22.8 Å². The van der Waals surface area contributed by atoms with Crippen molar-refractivity contribution in [2.24, 2.45) is 0 Å². The summed E-state index contributed by atoms with van der Waals surface area (Å²) in [6.45, 7) is 2.78. The molecular formula is C19H20N2O6S. The summed E-state index contributed by atoms with van der Waals surface area (Å²) in [5.74, 6) is -1.26. The van der Waals surface area contributed by atoms with Crippen LogP contribution in [0.5, 0.6) is 0 Å². The molecule has 0 aromatic heterocycles. The minimum atomic E-state index is -3.94. The van der Waals surface area contributed by atoms with Gasteiger partial charge >= 0.3 is 5.97 Å². The van der Waals surface area contributed by atoms with Crippen LogP contribution in [-0.4, -0.2) is 39.2 Å². The van der Waals surface area contributed by atoms with Gasteiger partial charge in [0.25, 0.3) is 0 Å². The molecule has 0 saturated carbocycles. The molecule has 1 amide bonds. The second-order valence-electron chi connectivity index (χ2n) is 5.98. The fraction of sp³-hybridized carbons (Fsp3) is 0.211. The Morgan fingerprint density at radius 1 is 0.929 bits per heavy atom. The topological polar surface area (TPSA) is 119 Å². The van der Waals surface area contributed by atoms with Crippen molar-refractivity contribution in [3.8, 4) is 0 Å². The van der Waals surface area contributed by atoms with Crippen LogP contribution in [0, 0.1) is 0 Å². The normalized spacial score (nSPS) is 12.1. The van der Waals surface area contributed by atoms with Crippen LogP contribution in [0.15, 0.2) is 53.4 Å². The van der Waals surface area contributed by atoms with Crippen molar-refractivity contribution in [2.45, 2.75) is 24.8 Å². The van der Waals surface area contributed by atoms with Crippen LogP contribution in [0.1, 0.15) is 34.6 Å². The molecular weight excluding hydrogens is 384 g/mol. The quantitative estimate of drug-likeness (QED) is 0.538. The Labute approximate surface area is 163 Å². The number of Topliss-reactive ketones (excluding diaryl/α,β-unsaturated/α-hetero) is 1. The Hall–Kier alpha value is -3.04. The summed E-state index contributed by atoms with van der Waals surface area (Å²) in [5, 5.41) is 2.56. The number of nitrogens with one attached hydrogen (secondary N) is 2. The van der Waals surface area contributed by atoms with E-state index in [4.69, 9.17) is 0 Å². The van der Waals surface area contributed by atoms with Gasteiger partial charge in [0, 0.05) is 11.3 Å². The van der Waals surface area contributed by atoms with Gasteiger partial charge in [-0.25, -0.2) is 13.2 Å². The average Bonchev–Trinajstić information content (AvgIpc) is 2.67. The molecule has 8 nitrogen and oxygen atoms in total. The van der Waals surface area contributed by atoms with E-state index in [1.165, 1.54) is 69.5 Å². The van der Waals surface area contributed by atoms with Gasteiger partial charge in [-0.2, -0.15) is 4.72 Å². The third-order valence-corrected chi connectivity index (χ3v) is 5.43. The molecule has 148 valence electrons. The fourth-order valence-corrected chi connectivity index (χ4v) is 3.48. The first kappa shape index (κ1) is 21.3. The molecule has 2 N–H and O–H groups in total. The molecule has 0 saturated heterocycles. The maximum absolute atomic E-state index is 12.4. The maximum atomic E-state index is 12.4. The maximum Gasteiger partial charge on any atom is 0.337 e. The molecule has 2 aromatic carbocycles. The zero-order valence-corrected chi connectivity index (χ0v) is 16.4. The van der Waals surface area contributed by atoms with Crippen LogP contribution in [0.3, 0.4) is 0 Å². The lowest BCUT2D eigenvalue weighted by Crippen LogP contribution is -2.41. The van der Waals surface area contributed by atoms with Crippen molar-refractivity contribution < 1.29 is 27.5 Å². The monoisotopic (exact) mass is 404 g/mol. The van der Waals surface area contributed by atoms with Gasteiger partial charge in [0.05, 0.1) is 23.6 Å². The predicted molar refractivity (Wildman–Crippen MR) is 103 cm³/mol. The van der Waals surface area contributed by atoms with E-state index < -0.39 is 27.9 Å². The standard InChI is InChI=1S/C19H20N2O6S/c1-12(18(23)20-16-8-4-15(5-9-16)19(24)27-3)21-28(25,26)17-10-6-14(7-11-17)13(2)22/h4-12,21H,1-3H3,(H,20,23)/t12-/m0/s1. The number of carbonyl (C=O) groups is 3. The highest BCUT2D eigenvalue weighted by molar-refractivity contribution is 7.89. The molecule has 0 fully saturated rings. The molecule has 0 bridgehead atoms. The summed E-state index contributed by atoms with van der Waals surface area (Å²) < 4.78 is 31.7. The van der Waals surface area contributed by atoms with Gasteiger partial charge in [0.2, 0.25) is 15.9 Å². The Morgan fingerprint density at radius 2 is 1.46 bits per heavy atom. The van der Waals surface area contributed by atoms with Crippen LogP contribution in [0.4, 0.5) is 5.69 Å². The van der Waals surface area contributed by atoms with Crippen LogP contribution >= 0.6 is 0 Å². The zero-order chi connectivity index (χ0) is 20.9. The van der Waals surface area contributed by atoms with E-state index in [0.29, 0.717) is 16.8 Å². The molecule has 0 aliphatic carbocycles. The highest BCUT2D eigenvalue weighted by atomic mass is 32.2. The molecule has 9 heteroatoms. The Morgan fingerprint density at radius 3 is 1.96 bits per heavy atom. The largest absolute Gasteiger partial charge is 0.465 e. The summed E-state index contributed by atoms with van der Waals surface area (Å²) in [7, 11) is -2.68. The summed E-state index contributed by atoms with van der Waals surface area (Å²) in [6, 6.07) is 10.3. The molecule has 2 aromatic rings. The molecule has 0 unspecified atom stereocenters. The van der Waals surface area contributed by atoms with Gasteiger partial charge in [0.15, 0.2) is 5.78 Å². The van der Waals surface area contributed by atoms with E-state index >= 15 is 0 Å². The minimum absolute atomic E-state index is 0.0559. The van der Waals surface area contributed by atoms with Crippen molar-refractivity contribution in [3.63, 3.8) is 0 Å². The SMILES string of the molecule is COC(=O)c1ccc(NC(=O)[C@H](C)NS(=O)(=O)c2ccc(C(C)=O)cc2)cc1. The van der Waals surface area contributed by atoms with E-state index in [2.05, 4.69) is 14.8 Å². The lowest BCUT2D eigenvalue weighted by atomic mass is 10.2. The van der Waals surface area contributed by atoms with Crippen LogP contribution in [0.25, 0.3) is 0 Å². The first-order chi connectivity index (χ1) is 13.1. The third kappa shape index (κ3) is 5.24. The fourth-order valence-electron chi connectivity index (χ4n) is 2.28. The molecule has 2 rings (SSSR count). The minimum Gasteiger partial charge on any atom is -0.465 e. The second kappa shape index (κ2) is 8.77. The summed E-state index contributed by atoms with van der Waals surface area (Å²) in [6.07, 6.45) is 0. The average molecular weight is 404 g/mol. The van der Waals surface area contributed by atoms with Crippen molar-refractivity contribution >= 4 is 33.4 Å². The number of hydrogen-bond donors (Lipinski definition) is 2. The van der Waals surface area contributed by atoms with Crippen molar-refractivity contribution in [2.75, 3.05) is 12.4 Å². The van der Waals surface area contributed by atoms with Crippen molar-refractivity contribution in [3.05, 3.63) is 59.7 Å². The number of ether oxygens (including phenoxy) is 1. The van der Waals surface area contributed by atoms with Crippen molar-refractivity contribution in [1.82, 2.24) is 4.72 Å². The molecule has 0 aliphatic heterocycles. The van der Waals surface area contributed by atoms with Gasteiger partial charge in [0.1, 0.15) is 0 Å². The highest BCUT2D eigenvalue weighted by Crippen LogP contribution is 2.13. The predicted octanol–water partition coefficient (Wildman–Crippen LogP) is 1.98. The second-order valence-corrected chi connectivity index (χ2v) is 7.70. The number of ketones is 1. The smallest absolute Gasteiger partial charge is 0.337 e. The lowest BCUT2D eigenvalue weighted by molar-refractivity contribution is -0.117. The van der Waals surface area contributed by atoms with Gasteiger partial charge in [-0.3, -0.25) is 9.59 Å². The molecule has 0 spiro atoms. The first-order valence-electron chi connectivity index (χ1n) is 8.26. The molecule has 0 aliphatic rings. The van der Waals surface area contributed by atoms with E-state index in [0.717, 1.165) is 0 Å². The van der Waals surface area contributed by atoms with Crippen LogP contribution < -0.4 is 10.0 Å². The zero-order valence-electron chi connectivity index (χ0n) is 15.6. The number of sulfonamides is 1. The number of benzene rings is 2. The summed E-state index contributed by atoms with van der Waals surface area (Å²) in [5.41, 5.74) is 1.11. The number of anilines is 1. The summed E-state index contributed by atoms with van der Waals surface area (Å²) in [4.78, 5) is 34.9. The van der Waals surface area contributed by atoms with E-state index in [1.807, 2.05) is 0 Å². The third-order valence-electron chi connectivity index (χ3n) is 3.87. The number of amides is 1. The van der Waals surface area contributed by atoms with Crippen molar-refractivity contribution in [1.29, 1.82) is 0 Å². The van der Waals surface area contributed by atoms with Gasteiger partial charge in [-0.15, -0.1) is 0 Å². The lowest BCUT2D eigenvalue weighted by Gasteiger charge is -2.15. The van der Waals surface area contributed by atoms with E-state index in [1.54, 1.807) is 0 Å². The Kier molecular flexibility index (Phi) is 6.66. The van der Waals surface area contributed by atoms with Gasteiger partial charge in [-0.05, 0) is 50.2 Å². The Bertz CT molecular complexity index is 982. The van der Waals surface area contributed by atoms with Gasteiger partial charge < -0.3 is 10.1 Å². The number of rotatable bonds is 7. The molecule has 0 radical (unpaired) electrons. The van der Waals surface area contributed by atoms with Crippen LogP contribution in [-0.2, 0) is 19.6 Å². The number of esters is 1. The first-order valence-corrected chi connectivity index (χ1v) is 9.75. The molecule has 0 heterocycles. The molecule has 1 atom stereocenters.